The van der Waals surface area contributed by atoms with E-state index in [1.54, 1.807) is 12.1 Å². The topological polar surface area (TPSA) is 41.6 Å². The SMILES string of the molecule is COc1ccc(CCC(=O)NCc2ccccc2CN2CCC(C)CC2)cc1F. The lowest BCUT2D eigenvalue weighted by molar-refractivity contribution is -0.121. The standard InChI is InChI=1S/C24H31FN2O2/c1-18-11-13-27(14-12-18)17-21-6-4-3-5-20(21)16-26-24(28)10-8-19-7-9-23(29-2)22(25)15-19/h3-7,9,15,18H,8,10-14,16-17H2,1-2H3,(H,26,28). The maximum atomic E-state index is 13.8. The number of ether oxygens (including phenoxy) is 1. The number of hydrogen-bond donors (Lipinski definition) is 1. The summed E-state index contributed by atoms with van der Waals surface area (Å²) in [6.45, 7) is 6.06. The molecule has 0 aliphatic carbocycles. The van der Waals surface area contributed by atoms with Crippen LogP contribution in [0.1, 0.15) is 42.9 Å². The molecule has 2 aromatic carbocycles. The predicted molar refractivity (Wildman–Crippen MR) is 113 cm³/mol. The van der Waals surface area contributed by atoms with Crippen LogP contribution in [0.3, 0.4) is 0 Å². The number of rotatable bonds is 8. The van der Waals surface area contributed by atoms with Crippen molar-refractivity contribution >= 4 is 5.91 Å². The number of hydrogen-bond acceptors (Lipinski definition) is 3. The number of carbonyl (C=O) groups excluding carboxylic acids is 1. The van der Waals surface area contributed by atoms with Gasteiger partial charge in [-0.15, -0.1) is 0 Å². The first kappa shape index (κ1) is 21.3. The van der Waals surface area contributed by atoms with Gasteiger partial charge in [-0.25, -0.2) is 4.39 Å². The molecule has 2 aromatic rings. The highest BCUT2D eigenvalue weighted by Crippen LogP contribution is 2.20. The molecule has 1 amide bonds. The van der Waals surface area contributed by atoms with E-state index in [2.05, 4.69) is 35.3 Å². The Kier molecular flexibility index (Phi) is 7.64. The van der Waals surface area contributed by atoms with E-state index < -0.39 is 5.82 Å². The Bertz CT molecular complexity index is 816. The van der Waals surface area contributed by atoms with Gasteiger partial charge >= 0.3 is 0 Å². The molecule has 1 aliphatic rings. The maximum Gasteiger partial charge on any atom is 0.220 e. The van der Waals surface area contributed by atoms with Crippen LogP contribution < -0.4 is 10.1 Å². The molecule has 1 N–H and O–H groups in total. The van der Waals surface area contributed by atoms with Gasteiger partial charge in [-0.05, 0) is 67.1 Å². The molecule has 5 heteroatoms. The molecule has 0 atom stereocenters. The number of methoxy groups -OCH3 is 1. The number of piperidine rings is 1. The maximum absolute atomic E-state index is 13.8. The normalized spacial score (nSPS) is 15.3. The number of carbonyl (C=O) groups is 1. The van der Waals surface area contributed by atoms with Crippen LogP contribution >= 0.6 is 0 Å². The first-order chi connectivity index (χ1) is 14.0. The van der Waals surface area contributed by atoms with E-state index in [-0.39, 0.29) is 11.7 Å². The molecular formula is C24H31FN2O2. The summed E-state index contributed by atoms with van der Waals surface area (Å²) < 4.78 is 18.7. The third kappa shape index (κ3) is 6.29. The summed E-state index contributed by atoms with van der Waals surface area (Å²) in [6.07, 6.45) is 3.34. The highest BCUT2D eigenvalue weighted by Gasteiger charge is 2.17. The average molecular weight is 399 g/mol. The summed E-state index contributed by atoms with van der Waals surface area (Å²) in [5.74, 6) is 0.618. The van der Waals surface area contributed by atoms with Crippen LogP contribution in [0.2, 0.25) is 0 Å². The van der Waals surface area contributed by atoms with Gasteiger partial charge in [0.05, 0.1) is 7.11 Å². The lowest BCUT2D eigenvalue weighted by atomic mass is 9.98. The second-order valence-electron chi connectivity index (χ2n) is 7.97. The molecule has 3 rings (SSSR count). The Morgan fingerprint density at radius 3 is 2.59 bits per heavy atom. The minimum atomic E-state index is -0.397. The monoisotopic (exact) mass is 398 g/mol. The third-order valence-corrected chi connectivity index (χ3v) is 5.72. The van der Waals surface area contributed by atoms with E-state index in [9.17, 15) is 9.18 Å². The Morgan fingerprint density at radius 2 is 1.90 bits per heavy atom. The fourth-order valence-electron chi connectivity index (χ4n) is 3.75. The number of benzene rings is 2. The molecule has 29 heavy (non-hydrogen) atoms. The van der Waals surface area contributed by atoms with Crippen LogP contribution in [0.4, 0.5) is 4.39 Å². The third-order valence-electron chi connectivity index (χ3n) is 5.72. The van der Waals surface area contributed by atoms with E-state index in [0.29, 0.717) is 19.4 Å². The van der Waals surface area contributed by atoms with Crippen LogP contribution in [-0.2, 0) is 24.3 Å². The Balaban J connectivity index is 1.49. The molecule has 4 nitrogen and oxygen atoms in total. The molecule has 0 bridgehead atoms. The zero-order chi connectivity index (χ0) is 20.6. The van der Waals surface area contributed by atoms with Crippen molar-refractivity contribution in [2.24, 2.45) is 5.92 Å². The minimum Gasteiger partial charge on any atom is -0.494 e. The largest absolute Gasteiger partial charge is 0.494 e. The number of amides is 1. The summed E-state index contributed by atoms with van der Waals surface area (Å²) in [4.78, 5) is 14.8. The molecule has 0 saturated carbocycles. The van der Waals surface area contributed by atoms with Gasteiger partial charge in [-0.1, -0.05) is 37.3 Å². The van der Waals surface area contributed by atoms with Crippen molar-refractivity contribution in [3.63, 3.8) is 0 Å². The van der Waals surface area contributed by atoms with Crippen LogP contribution in [0.5, 0.6) is 5.75 Å². The van der Waals surface area contributed by atoms with Gasteiger partial charge in [0.2, 0.25) is 5.91 Å². The van der Waals surface area contributed by atoms with Gasteiger partial charge in [-0.3, -0.25) is 9.69 Å². The predicted octanol–water partition coefficient (Wildman–Crippen LogP) is 4.32. The summed E-state index contributed by atoms with van der Waals surface area (Å²) in [7, 11) is 1.44. The number of likely N-dealkylation sites (tertiary alicyclic amines) is 1. The van der Waals surface area contributed by atoms with Gasteiger partial charge < -0.3 is 10.1 Å². The van der Waals surface area contributed by atoms with Gasteiger partial charge in [0.25, 0.3) is 0 Å². The Labute approximate surface area is 173 Å². The fraction of sp³-hybridized carbons (Fsp3) is 0.458. The van der Waals surface area contributed by atoms with Crippen molar-refractivity contribution in [1.29, 1.82) is 0 Å². The van der Waals surface area contributed by atoms with E-state index >= 15 is 0 Å². The zero-order valence-electron chi connectivity index (χ0n) is 17.4. The highest BCUT2D eigenvalue weighted by atomic mass is 19.1. The smallest absolute Gasteiger partial charge is 0.220 e. The molecule has 0 radical (unpaired) electrons. The molecular weight excluding hydrogens is 367 g/mol. The average Bonchev–Trinajstić information content (AvgIpc) is 2.73. The van der Waals surface area contributed by atoms with Crippen LogP contribution in [0.15, 0.2) is 42.5 Å². The van der Waals surface area contributed by atoms with Crippen LogP contribution in [-0.4, -0.2) is 31.0 Å². The lowest BCUT2D eigenvalue weighted by Crippen LogP contribution is -2.33. The Morgan fingerprint density at radius 1 is 1.17 bits per heavy atom. The van der Waals surface area contributed by atoms with Crippen molar-refractivity contribution in [1.82, 2.24) is 10.2 Å². The summed E-state index contributed by atoms with van der Waals surface area (Å²) in [5.41, 5.74) is 3.23. The molecule has 0 aromatic heterocycles. The zero-order valence-corrected chi connectivity index (χ0v) is 17.4. The first-order valence-corrected chi connectivity index (χ1v) is 10.4. The van der Waals surface area contributed by atoms with Crippen molar-refractivity contribution < 1.29 is 13.9 Å². The van der Waals surface area contributed by atoms with Gasteiger partial charge in [0, 0.05) is 19.5 Å². The Hall–Kier alpha value is -2.40. The molecule has 0 spiro atoms. The van der Waals surface area contributed by atoms with Crippen LogP contribution in [0, 0.1) is 11.7 Å². The molecule has 156 valence electrons. The minimum absolute atomic E-state index is 0.0252. The lowest BCUT2D eigenvalue weighted by Gasteiger charge is -2.30. The number of aryl methyl sites for hydroxylation is 1. The second kappa shape index (κ2) is 10.4. The van der Waals surface area contributed by atoms with E-state index in [4.69, 9.17) is 4.74 Å². The number of nitrogens with one attached hydrogen (secondary N) is 1. The van der Waals surface area contributed by atoms with Crippen molar-refractivity contribution in [3.05, 3.63) is 65.0 Å². The molecule has 1 saturated heterocycles. The fourth-order valence-corrected chi connectivity index (χ4v) is 3.75. The van der Waals surface area contributed by atoms with Gasteiger partial charge in [0.1, 0.15) is 0 Å². The van der Waals surface area contributed by atoms with Crippen LogP contribution in [0.25, 0.3) is 0 Å². The van der Waals surface area contributed by atoms with Crippen molar-refractivity contribution in [2.45, 2.75) is 45.7 Å². The van der Waals surface area contributed by atoms with Crippen molar-refractivity contribution in [3.8, 4) is 5.75 Å². The molecule has 1 aliphatic heterocycles. The molecule has 1 fully saturated rings. The van der Waals surface area contributed by atoms with E-state index in [1.165, 1.54) is 31.6 Å². The summed E-state index contributed by atoms with van der Waals surface area (Å²) >= 11 is 0. The van der Waals surface area contributed by atoms with E-state index in [0.717, 1.165) is 36.7 Å². The summed E-state index contributed by atoms with van der Waals surface area (Å²) in [6, 6.07) is 13.1. The second-order valence-corrected chi connectivity index (χ2v) is 7.97. The first-order valence-electron chi connectivity index (χ1n) is 10.4. The molecule has 0 unspecified atom stereocenters. The van der Waals surface area contributed by atoms with Gasteiger partial charge in [0.15, 0.2) is 11.6 Å². The summed E-state index contributed by atoms with van der Waals surface area (Å²) in [5, 5.41) is 3.02. The quantitative estimate of drug-likeness (QED) is 0.720. The molecule has 1 heterocycles. The van der Waals surface area contributed by atoms with Crippen molar-refractivity contribution in [2.75, 3.05) is 20.2 Å². The van der Waals surface area contributed by atoms with E-state index in [1.807, 2.05) is 6.07 Å². The number of nitrogens with zero attached hydrogens (tertiary/aromatic N) is 1. The highest BCUT2D eigenvalue weighted by molar-refractivity contribution is 5.76. The van der Waals surface area contributed by atoms with Gasteiger partial charge in [-0.2, -0.15) is 0 Å². The number of halogens is 1.